The predicted octanol–water partition coefficient (Wildman–Crippen LogP) is 6.11. The molecule has 0 amide bonds. The lowest BCUT2D eigenvalue weighted by Gasteiger charge is -2.10. The summed E-state index contributed by atoms with van der Waals surface area (Å²) in [5.74, 6) is 0.373. The summed E-state index contributed by atoms with van der Waals surface area (Å²) >= 11 is 1.37. The van der Waals surface area contributed by atoms with Crippen molar-refractivity contribution in [1.29, 1.82) is 0 Å². The van der Waals surface area contributed by atoms with Crippen LogP contribution in [0.25, 0.3) is 0 Å². The number of thioether (sulfide) groups is 1. The average Bonchev–Trinajstić information content (AvgIpc) is 2.67. The van der Waals surface area contributed by atoms with Crippen LogP contribution < -0.4 is 4.72 Å². The Morgan fingerprint density at radius 1 is 0.931 bits per heavy atom. The van der Waals surface area contributed by atoms with E-state index in [1.807, 2.05) is 6.92 Å². The maximum Gasteiger partial charge on any atom is 0.416 e. The maximum absolute atomic E-state index is 12.8. The van der Waals surface area contributed by atoms with Crippen LogP contribution in [0.2, 0.25) is 0 Å². The van der Waals surface area contributed by atoms with Gasteiger partial charge in [-0.05, 0) is 55.0 Å². The number of anilines is 1. The van der Waals surface area contributed by atoms with Gasteiger partial charge in [-0.15, -0.1) is 11.8 Å². The second kappa shape index (κ2) is 8.51. The number of hydrogen-bond donors (Lipinski definition) is 1. The fraction of sp³-hybridized carbons (Fsp3) is 0.143. The summed E-state index contributed by atoms with van der Waals surface area (Å²) in [7, 11) is -3.68. The number of hydrogen-bond acceptors (Lipinski definition) is 3. The predicted molar refractivity (Wildman–Crippen MR) is 109 cm³/mol. The molecule has 0 aliphatic rings. The van der Waals surface area contributed by atoms with Crippen molar-refractivity contribution in [2.24, 2.45) is 0 Å². The highest BCUT2D eigenvalue weighted by Crippen LogP contribution is 2.31. The lowest BCUT2D eigenvalue weighted by molar-refractivity contribution is -0.137. The highest BCUT2D eigenvalue weighted by Gasteiger charge is 2.30. The molecule has 0 aromatic heterocycles. The Balaban J connectivity index is 1.64. The quantitative estimate of drug-likeness (QED) is 0.474. The smallest absolute Gasteiger partial charge is 0.280 e. The molecule has 0 aliphatic carbocycles. The Morgan fingerprint density at radius 3 is 2.21 bits per heavy atom. The lowest BCUT2D eigenvalue weighted by Crippen LogP contribution is -2.12. The van der Waals surface area contributed by atoms with Crippen LogP contribution in [0.4, 0.5) is 18.9 Å². The van der Waals surface area contributed by atoms with Gasteiger partial charge in [-0.1, -0.05) is 35.9 Å². The van der Waals surface area contributed by atoms with Crippen LogP contribution in [0.5, 0.6) is 0 Å². The third-order valence-electron chi connectivity index (χ3n) is 4.10. The minimum Gasteiger partial charge on any atom is -0.280 e. The van der Waals surface area contributed by atoms with Gasteiger partial charge >= 0.3 is 6.18 Å². The van der Waals surface area contributed by atoms with Crippen molar-refractivity contribution in [2.45, 2.75) is 28.6 Å². The summed E-state index contributed by atoms with van der Waals surface area (Å²) in [5.41, 5.74) is 1.27. The van der Waals surface area contributed by atoms with E-state index in [4.69, 9.17) is 0 Å². The molecule has 0 saturated carbocycles. The Bertz CT molecular complexity index is 1080. The van der Waals surface area contributed by atoms with Crippen LogP contribution in [-0.2, 0) is 22.0 Å². The van der Waals surface area contributed by atoms with Gasteiger partial charge in [0.15, 0.2) is 0 Å². The van der Waals surface area contributed by atoms with Gasteiger partial charge in [-0.2, -0.15) is 13.2 Å². The molecule has 1 N–H and O–H groups in total. The van der Waals surface area contributed by atoms with E-state index in [9.17, 15) is 21.6 Å². The molecule has 0 spiro atoms. The molecule has 3 aromatic carbocycles. The van der Waals surface area contributed by atoms with E-state index in [1.54, 1.807) is 42.5 Å². The van der Waals surface area contributed by atoms with E-state index < -0.39 is 21.8 Å². The van der Waals surface area contributed by atoms with Crippen LogP contribution in [0.3, 0.4) is 0 Å². The van der Waals surface area contributed by atoms with Gasteiger partial charge in [0, 0.05) is 16.3 Å². The molecule has 0 atom stereocenters. The Morgan fingerprint density at radius 2 is 1.59 bits per heavy atom. The first kappa shape index (κ1) is 21.3. The Labute approximate surface area is 172 Å². The van der Waals surface area contributed by atoms with E-state index in [-0.39, 0.29) is 4.90 Å². The van der Waals surface area contributed by atoms with E-state index in [2.05, 4.69) is 4.72 Å². The largest absolute Gasteiger partial charge is 0.416 e. The standard InChI is InChI=1S/C21H18F3NO2S2/c1-15-5-11-20(12-6-15)29(26,27)25-18-7-9-19(10-8-18)28-14-16-3-2-4-17(13-16)21(22,23)24/h2-13,25H,14H2,1H3. The highest BCUT2D eigenvalue weighted by atomic mass is 32.2. The number of alkyl halides is 3. The first-order valence-electron chi connectivity index (χ1n) is 8.62. The number of nitrogens with one attached hydrogen (secondary N) is 1. The second-order valence-electron chi connectivity index (χ2n) is 6.43. The molecule has 8 heteroatoms. The number of benzene rings is 3. The van der Waals surface area contributed by atoms with Gasteiger partial charge in [0.25, 0.3) is 10.0 Å². The molecular formula is C21H18F3NO2S2. The highest BCUT2D eigenvalue weighted by molar-refractivity contribution is 7.98. The molecule has 0 unspecified atom stereocenters. The van der Waals surface area contributed by atoms with E-state index >= 15 is 0 Å². The van der Waals surface area contributed by atoms with Crippen molar-refractivity contribution in [1.82, 2.24) is 0 Å². The molecular weight excluding hydrogens is 419 g/mol. The number of halogens is 3. The minimum absolute atomic E-state index is 0.172. The van der Waals surface area contributed by atoms with Crippen molar-refractivity contribution in [3.05, 3.63) is 89.5 Å². The first-order chi connectivity index (χ1) is 13.6. The minimum atomic E-state index is -4.36. The fourth-order valence-electron chi connectivity index (χ4n) is 2.55. The summed E-state index contributed by atoms with van der Waals surface area (Å²) in [6, 6.07) is 18.4. The van der Waals surface area contributed by atoms with E-state index in [0.29, 0.717) is 17.0 Å². The van der Waals surface area contributed by atoms with Crippen LogP contribution in [-0.4, -0.2) is 8.42 Å². The van der Waals surface area contributed by atoms with E-state index in [0.717, 1.165) is 22.6 Å². The molecule has 3 rings (SSSR count). The third-order valence-corrected chi connectivity index (χ3v) is 6.58. The van der Waals surface area contributed by atoms with Gasteiger partial charge in [-0.25, -0.2) is 8.42 Å². The normalized spacial score (nSPS) is 12.0. The maximum atomic E-state index is 12.8. The van der Waals surface area contributed by atoms with Gasteiger partial charge in [0.1, 0.15) is 0 Å². The number of sulfonamides is 1. The summed E-state index contributed by atoms with van der Waals surface area (Å²) in [5, 5.41) is 0. The molecule has 0 bridgehead atoms. The Hall–Kier alpha value is -2.45. The summed E-state index contributed by atoms with van der Waals surface area (Å²) in [6.07, 6.45) is -4.36. The molecule has 152 valence electrons. The zero-order chi connectivity index (χ0) is 21.1. The van der Waals surface area contributed by atoms with Crippen LogP contribution >= 0.6 is 11.8 Å². The molecule has 0 heterocycles. The van der Waals surface area contributed by atoms with Crippen molar-refractivity contribution in [3.63, 3.8) is 0 Å². The average molecular weight is 438 g/mol. The third kappa shape index (κ3) is 5.77. The van der Waals surface area contributed by atoms with Gasteiger partial charge < -0.3 is 0 Å². The monoisotopic (exact) mass is 437 g/mol. The molecule has 3 aromatic rings. The Kier molecular flexibility index (Phi) is 6.24. The molecule has 0 fully saturated rings. The van der Waals surface area contributed by atoms with Crippen molar-refractivity contribution >= 4 is 27.5 Å². The van der Waals surface area contributed by atoms with E-state index in [1.165, 1.54) is 30.0 Å². The second-order valence-corrected chi connectivity index (χ2v) is 9.16. The zero-order valence-corrected chi connectivity index (χ0v) is 17.0. The number of aryl methyl sites for hydroxylation is 1. The van der Waals surface area contributed by atoms with Crippen LogP contribution in [0, 0.1) is 6.92 Å². The first-order valence-corrected chi connectivity index (χ1v) is 11.1. The van der Waals surface area contributed by atoms with Crippen LogP contribution in [0.1, 0.15) is 16.7 Å². The van der Waals surface area contributed by atoms with Crippen molar-refractivity contribution in [3.8, 4) is 0 Å². The molecule has 3 nitrogen and oxygen atoms in total. The fourth-order valence-corrected chi connectivity index (χ4v) is 4.45. The lowest BCUT2D eigenvalue weighted by atomic mass is 10.1. The molecule has 0 aliphatic heterocycles. The van der Waals surface area contributed by atoms with Gasteiger partial charge in [0.05, 0.1) is 10.5 Å². The van der Waals surface area contributed by atoms with Gasteiger partial charge in [0.2, 0.25) is 0 Å². The van der Waals surface area contributed by atoms with Crippen molar-refractivity contribution in [2.75, 3.05) is 4.72 Å². The van der Waals surface area contributed by atoms with Crippen LogP contribution in [0.15, 0.2) is 82.6 Å². The van der Waals surface area contributed by atoms with Crippen molar-refractivity contribution < 1.29 is 21.6 Å². The summed E-state index contributed by atoms with van der Waals surface area (Å²) < 4.78 is 65.7. The topological polar surface area (TPSA) is 46.2 Å². The molecule has 29 heavy (non-hydrogen) atoms. The molecule has 0 saturated heterocycles. The molecule has 0 radical (unpaired) electrons. The zero-order valence-electron chi connectivity index (χ0n) is 15.4. The number of rotatable bonds is 6. The summed E-state index contributed by atoms with van der Waals surface area (Å²) in [6.45, 7) is 1.87. The SMILES string of the molecule is Cc1ccc(S(=O)(=O)Nc2ccc(SCc3cccc(C(F)(F)F)c3)cc2)cc1. The summed E-state index contributed by atoms with van der Waals surface area (Å²) in [4.78, 5) is 0.992. The van der Waals surface area contributed by atoms with Gasteiger partial charge in [-0.3, -0.25) is 4.72 Å².